The number of allylic oxidation sites excluding steroid dienone is 2. The van der Waals surface area contributed by atoms with E-state index in [2.05, 4.69) is 11.7 Å². The Morgan fingerprint density at radius 1 is 0.644 bits per heavy atom. The maximum atomic E-state index is 12.9. The molecule has 1 aliphatic carbocycles. The topological polar surface area (TPSA) is 254 Å². The molecule has 18 heteroatoms. The number of esters is 6. The molecule has 336 valence electrons. The zero-order valence-corrected chi connectivity index (χ0v) is 35.6. The van der Waals surface area contributed by atoms with Gasteiger partial charge in [-0.3, -0.25) is 4.79 Å². The van der Waals surface area contributed by atoms with Gasteiger partial charge in [0, 0.05) is 24.7 Å². The third-order valence-corrected chi connectivity index (χ3v) is 8.88. The fourth-order valence-corrected chi connectivity index (χ4v) is 5.71. The van der Waals surface area contributed by atoms with E-state index >= 15 is 0 Å². The molecule has 0 heterocycles. The van der Waals surface area contributed by atoms with Gasteiger partial charge in [-0.2, -0.15) is 0 Å². The third-order valence-electron chi connectivity index (χ3n) is 8.88. The smallest absolute Gasteiger partial charge is 0.463 e. The summed E-state index contributed by atoms with van der Waals surface area (Å²) in [4.78, 5) is 86.5. The Balaban J connectivity index is 2.79. The standard InChI is InChI=1S/C41H64O18/c1-10-11-14-17-30(43)20-21-31-32(18-15-12-13-16-19-35(45)52-23(2)3)34(22-33(31)44)59-41(51)57-28(8)39(49)55-26(6)37(47)53-24(4)36(46)54-25(5)38(48)56-27(7)40(50)58-29(9)42/h12,15,20-21,23-34,42-44H,10-11,13-14,16-19,22H2,1-9H3/b15-12-,21-20+/t24?,25?,26?,27?,28?,29?,30-,31+,32+,33+,34-/m0/s1. The average Bonchev–Trinajstić information content (AvgIpc) is 3.43. The highest BCUT2D eigenvalue weighted by Gasteiger charge is 2.43. The van der Waals surface area contributed by atoms with Gasteiger partial charge in [0.1, 0.15) is 6.10 Å². The predicted molar refractivity (Wildman–Crippen MR) is 207 cm³/mol. The molecular weight excluding hydrogens is 780 g/mol. The van der Waals surface area contributed by atoms with Gasteiger partial charge in [0.25, 0.3) is 0 Å². The molecule has 0 radical (unpaired) electrons. The minimum Gasteiger partial charge on any atom is -0.463 e. The zero-order valence-electron chi connectivity index (χ0n) is 35.6. The SMILES string of the molecule is CCCCC[C@H](O)/C=C/[C@@H]1[C@@H](C/C=C\CCCC(=O)OC(C)C)[C@@H](OC(=O)OC(C)C(=O)OC(C)C(=O)OC(C)C(=O)OC(C)C(=O)OC(C)C(=O)OC(C)O)C[C@H]1O. The molecule has 1 saturated carbocycles. The van der Waals surface area contributed by atoms with Gasteiger partial charge in [-0.05, 0) is 81.1 Å². The second-order valence-electron chi connectivity index (χ2n) is 14.6. The van der Waals surface area contributed by atoms with E-state index in [0.717, 1.165) is 40.0 Å². The molecule has 0 aromatic carbocycles. The molecule has 1 rings (SSSR count). The minimum absolute atomic E-state index is 0.0512. The molecule has 0 saturated heterocycles. The Labute approximate surface area is 345 Å². The van der Waals surface area contributed by atoms with Gasteiger partial charge < -0.3 is 53.2 Å². The van der Waals surface area contributed by atoms with Crippen LogP contribution in [0, 0.1) is 11.8 Å². The lowest BCUT2D eigenvalue weighted by molar-refractivity contribution is -0.189. The van der Waals surface area contributed by atoms with Crippen molar-refractivity contribution in [3.63, 3.8) is 0 Å². The fraction of sp³-hybridized carbons (Fsp3) is 0.732. The Morgan fingerprint density at radius 2 is 1.14 bits per heavy atom. The second kappa shape index (κ2) is 27.3. The van der Waals surface area contributed by atoms with E-state index in [1.165, 1.54) is 20.8 Å². The highest BCUT2D eigenvalue weighted by Crippen LogP contribution is 2.38. The summed E-state index contributed by atoms with van der Waals surface area (Å²) in [6, 6.07) is 0. The van der Waals surface area contributed by atoms with E-state index in [1.54, 1.807) is 26.0 Å². The number of aliphatic hydroxyl groups is 3. The van der Waals surface area contributed by atoms with Gasteiger partial charge in [-0.15, -0.1) is 0 Å². The van der Waals surface area contributed by atoms with E-state index in [-0.39, 0.29) is 24.9 Å². The Bertz CT molecular complexity index is 1420. The summed E-state index contributed by atoms with van der Waals surface area (Å²) >= 11 is 0. The molecule has 0 bridgehead atoms. The van der Waals surface area contributed by atoms with Crippen molar-refractivity contribution in [1.29, 1.82) is 0 Å². The maximum absolute atomic E-state index is 12.9. The summed E-state index contributed by atoms with van der Waals surface area (Å²) in [5.41, 5.74) is 0. The summed E-state index contributed by atoms with van der Waals surface area (Å²) in [5, 5.41) is 30.6. The second-order valence-corrected chi connectivity index (χ2v) is 14.6. The van der Waals surface area contributed by atoms with E-state index < -0.39 is 103 Å². The first-order chi connectivity index (χ1) is 27.7. The molecule has 0 aromatic rings. The van der Waals surface area contributed by atoms with Crippen LogP contribution in [0.5, 0.6) is 0 Å². The minimum atomic E-state index is -1.59. The fourth-order valence-electron chi connectivity index (χ4n) is 5.71. The van der Waals surface area contributed by atoms with Gasteiger partial charge in [-0.25, -0.2) is 28.8 Å². The van der Waals surface area contributed by atoms with Gasteiger partial charge in [0.2, 0.25) is 0 Å². The average molecular weight is 845 g/mol. The first-order valence-electron chi connectivity index (χ1n) is 20.1. The molecule has 11 atom stereocenters. The van der Waals surface area contributed by atoms with Crippen LogP contribution in [0.4, 0.5) is 4.79 Å². The van der Waals surface area contributed by atoms with Crippen LogP contribution in [0.1, 0.15) is 120 Å². The lowest BCUT2D eigenvalue weighted by Crippen LogP contribution is -2.38. The van der Waals surface area contributed by atoms with Crippen LogP contribution in [0.3, 0.4) is 0 Å². The van der Waals surface area contributed by atoms with Gasteiger partial charge in [0.15, 0.2) is 36.8 Å². The molecule has 1 aliphatic rings. The number of hydrogen-bond acceptors (Lipinski definition) is 18. The molecular formula is C41H64O18. The molecule has 0 aliphatic heterocycles. The largest absolute Gasteiger partial charge is 0.509 e. The monoisotopic (exact) mass is 844 g/mol. The van der Waals surface area contributed by atoms with Crippen molar-refractivity contribution in [1.82, 2.24) is 0 Å². The van der Waals surface area contributed by atoms with E-state index in [0.29, 0.717) is 25.7 Å². The molecule has 0 amide bonds. The van der Waals surface area contributed by atoms with Gasteiger partial charge >= 0.3 is 42.0 Å². The molecule has 6 unspecified atom stereocenters. The van der Waals surface area contributed by atoms with E-state index in [1.807, 2.05) is 12.2 Å². The summed E-state index contributed by atoms with van der Waals surface area (Å²) in [6.45, 7) is 12.5. The van der Waals surface area contributed by atoms with Crippen LogP contribution in [-0.2, 0) is 66.7 Å². The molecule has 0 spiro atoms. The van der Waals surface area contributed by atoms with E-state index in [9.17, 15) is 43.8 Å². The quantitative estimate of drug-likeness (QED) is 0.0385. The molecule has 3 N–H and O–H groups in total. The first-order valence-corrected chi connectivity index (χ1v) is 20.1. The Kier molecular flexibility index (Phi) is 24.2. The lowest BCUT2D eigenvalue weighted by atomic mass is 9.89. The van der Waals surface area contributed by atoms with Gasteiger partial charge in [0.05, 0.1) is 18.3 Å². The number of carbonyl (C=O) groups is 7. The Morgan fingerprint density at radius 3 is 1.61 bits per heavy atom. The molecule has 18 nitrogen and oxygen atoms in total. The van der Waals surface area contributed by atoms with E-state index in [4.69, 9.17) is 38.3 Å². The lowest BCUT2D eigenvalue weighted by Gasteiger charge is -2.23. The number of hydrogen-bond donors (Lipinski definition) is 3. The first kappa shape index (κ1) is 52.5. The number of rotatable bonds is 25. The zero-order chi connectivity index (χ0) is 44.8. The predicted octanol–water partition coefficient (Wildman–Crippen LogP) is 4.07. The van der Waals surface area contributed by atoms with Crippen molar-refractivity contribution in [2.45, 2.75) is 181 Å². The van der Waals surface area contributed by atoms with Crippen LogP contribution < -0.4 is 0 Å². The van der Waals surface area contributed by atoms with Crippen LogP contribution in [-0.4, -0.2) is 119 Å². The van der Waals surface area contributed by atoms with Crippen LogP contribution in [0.15, 0.2) is 24.3 Å². The van der Waals surface area contributed by atoms with Crippen molar-refractivity contribution < 1.29 is 86.8 Å². The highest BCUT2D eigenvalue weighted by atomic mass is 16.7. The maximum Gasteiger partial charge on any atom is 0.509 e. The van der Waals surface area contributed by atoms with Crippen molar-refractivity contribution in [2.75, 3.05) is 0 Å². The summed E-state index contributed by atoms with van der Waals surface area (Å²) < 4.78 is 40.2. The number of carbonyl (C=O) groups excluding carboxylic acids is 7. The van der Waals surface area contributed by atoms with Crippen LogP contribution in [0.25, 0.3) is 0 Å². The molecule has 59 heavy (non-hydrogen) atoms. The normalized spacial score (nSPS) is 21.4. The van der Waals surface area contributed by atoms with Crippen molar-refractivity contribution in [2.24, 2.45) is 11.8 Å². The van der Waals surface area contributed by atoms with Gasteiger partial charge in [-0.1, -0.05) is 50.5 Å². The van der Waals surface area contributed by atoms with Crippen molar-refractivity contribution >= 4 is 42.0 Å². The number of ether oxygens (including phenoxy) is 8. The molecule has 0 aromatic heterocycles. The highest BCUT2D eigenvalue weighted by molar-refractivity contribution is 5.86. The summed E-state index contributed by atoms with van der Waals surface area (Å²) in [6.07, 6.45) is -0.712. The van der Waals surface area contributed by atoms with Crippen LogP contribution in [0.2, 0.25) is 0 Å². The van der Waals surface area contributed by atoms with Crippen molar-refractivity contribution in [3.8, 4) is 0 Å². The van der Waals surface area contributed by atoms with Crippen molar-refractivity contribution in [3.05, 3.63) is 24.3 Å². The Hall–Kier alpha value is -4.55. The molecule has 1 fully saturated rings. The van der Waals surface area contributed by atoms with Crippen LogP contribution >= 0.6 is 0 Å². The summed E-state index contributed by atoms with van der Waals surface area (Å²) in [5.74, 6) is -6.87. The number of unbranched alkanes of at least 4 members (excludes halogenated alkanes) is 3. The third kappa shape index (κ3) is 20.8. The number of aliphatic hydroxyl groups excluding tert-OH is 3. The summed E-state index contributed by atoms with van der Waals surface area (Å²) in [7, 11) is 0.